The van der Waals surface area contributed by atoms with Crippen LogP contribution in [-0.4, -0.2) is 10.9 Å². The summed E-state index contributed by atoms with van der Waals surface area (Å²) in [4.78, 5) is 28.0. The van der Waals surface area contributed by atoms with Crippen molar-refractivity contribution in [3.63, 3.8) is 0 Å². The van der Waals surface area contributed by atoms with Crippen molar-refractivity contribution in [3.05, 3.63) is 87.8 Å². The summed E-state index contributed by atoms with van der Waals surface area (Å²) >= 11 is 0. The van der Waals surface area contributed by atoms with Crippen LogP contribution in [0.25, 0.3) is 21.8 Å². The number of H-pyrrole nitrogens is 1. The number of amides is 1. The van der Waals surface area contributed by atoms with Crippen LogP contribution in [0.1, 0.15) is 10.4 Å². The van der Waals surface area contributed by atoms with Gasteiger partial charge in [-0.15, -0.1) is 0 Å². The molecule has 0 saturated carbocycles. The number of anilines is 1. The first-order valence-corrected chi connectivity index (χ1v) is 7.95. The number of benzene rings is 3. The highest BCUT2D eigenvalue weighted by atomic mass is 19.1. The van der Waals surface area contributed by atoms with Gasteiger partial charge >= 0.3 is 0 Å². The maximum absolute atomic E-state index is 14.1. The van der Waals surface area contributed by atoms with Crippen LogP contribution in [0.15, 0.2) is 59.4 Å². The standard InChI is InChI=1S/C20H11F3N2O2/c21-10-4-6-12(7-5-10)24-20(27)15-9-11(22)8-14-17(15)25-18-13(19(14)26)2-1-3-16(18)23/h1-9H,(H,24,27)(H,25,26). The molecule has 0 aliphatic rings. The van der Waals surface area contributed by atoms with Crippen LogP contribution in [0.4, 0.5) is 18.9 Å². The predicted octanol–water partition coefficient (Wildman–Crippen LogP) is 4.35. The van der Waals surface area contributed by atoms with Gasteiger partial charge in [0.25, 0.3) is 5.91 Å². The Hall–Kier alpha value is -3.61. The molecule has 0 aliphatic carbocycles. The second-order valence-electron chi connectivity index (χ2n) is 5.95. The van der Waals surface area contributed by atoms with Crippen LogP contribution in [0.5, 0.6) is 0 Å². The van der Waals surface area contributed by atoms with Gasteiger partial charge < -0.3 is 10.3 Å². The molecule has 27 heavy (non-hydrogen) atoms. The predicted molar refractivity (Wildman–Crippen MR) is 96.3 cm³/mol. The van der Waals surface area contributed by atoms with Crippen molar-refractivity contribution in [2.75, 3.05) is 5.32 Å². The third-order valence-electron chi connectivity index (χ3n) is 4.20. The number of para-hydroxylation sites is 1. The highest BCUT2D eigenvalue weighted by Gasteiger charge is 2.17. The number of fused-ring (bicyclic) bond motifs is 2. The number of halogens is 3. The number of hydrogen-bond donors (Lipinski definition) is 2. The van der Waals surface area contributed by atoms with Gasteiger partial charge in [0.1, 0.15) is 17.5 Å². The number of aromatic amines is 1. The molecule has 0 atom stereocenters. The van der Waals surface area contributed by atoms with E-state index in [1.165, 1.54) is 30.3 Å². The van der Waals surface area contributed by atoms with E-state index in [1.807, 2.05) is 0 Å². The minimum atomic E-state index is -0.784. The lowest BCUT2D eigenvalue weighted by atomic mass is 10.0. The monoisotopic (exact) mass is 368 g/mol. The van der Waals surface area contributed by atoms with Crippen molar-refractivity contribution in [2.45, 2.75) is 0 Å². The molecule has 1 heterocycles. The van der Waals surface area contributed by atoms with Gasteiger partial charge in [-0.25, -0.2) is 13.2 Å². The van der Waals surface area contributed by atoms with Gasteiger partial charge in [0, 0.05) is 16.5 Å². The van der Waals surface area contributed by atoms with Gasteiger partial charge in [0.15, 0.2) is 5.43 Å². The summed E-state index contributed by atoms with van der Waals surface area (Å²) in [5.74, 6) is -2.65. The maximum Gasteiger partial charge on any atom is 0.257 e. The maximum atomic E-state index is 14.1. The molecule has 2 N–H and O–H groups in total. The zero-order valence-electron chi connectivity index (χ0n) is 13.6. The Morgan fingerprint density at radius 3 is 2.33 bits per heavy atom. The summed E-state index contributed by atoms with van der Waals surface area (Å²) in [5.41, 5.74) is -0.533. The lowest BCUT2D eigenvalue weighted by Crippen LogP contribution is -2.15. The second kappa shape index (κ2) is 6.28. The molecule has 4 aromatic rings. The minimum Gasteiger partial charge on any atom is -0.351 e. The minimum absolute atomic E-state index is 0.0126. The van der Waals surface area contributed by atoms with Gasteiger partial charge in [-0.05, 0) is 48.5 Å². The smallest absolute Gasteiger partial charge is 0.257 e. The van der Waals surface area contributed by atoms with Gasteiger partial charge in [-0.1, -0.05) is 6.07 Å². The number of hydrogen-bond acceptors (Lipinski definition) is 2. The van der Waals surface area contributed by atoms with Crippen molar-refractivity contribution in [3.8, 4) is 0 Å². The third kappa shape index (κ3) is 2.93. The summed E-state index contributed by atoms with van der Waals surface area (Å²) in [6.07, 6.45) is 0. The van der Waals surface area contributed by atoms with Crippen LogP contribution in [0.3, 0.4) is 0 Å². The first-order valence-electron chi connectivity index (χ1n) is 7.95. The van der Waals surface area contributed by atoms with Crippen LogP contribution in [0.2, 0.25) is 0 Å². The number of carbonyl (C=O) groups is 1. The Morgan fingerprint density at radius 1 is 0.852 bits per heavy atom. The molecule has 0 unspecified atom stereocenters. The molecule has 0 aliphatic heterocycles. The molecule has 3 aromatic carbocycles. The summed E-state index contributed by atoms with van der Waals surface area (Å²) in [5, 5.41) is 2.48. The number of carbonyl (C=O) groups excluding carboxylic acids is 1. The summed E-state index contributed by atoms with van der Waals surface area (Å²) < 4.78 is 41.2. The number of aromatic nitrogens is 1. The van der Waals surface area contributed by atoms with Crippen molar-refractivity contribution in [1.29, 1.82) is 0 Å². The van der Waals surface area contributed by atoms with E-state index in [0.29, 0.717) is 0 Å². The third-order valence-corrected chi connectivity index (χ3v) is 4.20. The van der Waals surface area contributed by atoms with Crippen LogP contribution in [0, 0.1) is 17.5 Å². The topological polar surface area (TPSA) is 62.0 Å². The fourth-order valence-corrected chi connectivity index (χ4v) is 2.94. The Balaban J connectivity index is 1.93. The fraction of sp³-hybridized carbons (Fsp3) is 0. The molecule has 7 heteroatoms. The van der Waals surface area contributed by atoms with Crippen LogP contribution >= 0.6 is 0 Å². The first-order chi connectivity index (χ1) is 12.9. The first kappa shape index (κ1) is 16.8. The van der Waals surface area contributed by atoms with E-state index in [2.05, 4.69) is 10.3 Å². The van der Waals surface area contributed by atoms with Gasteiger partial charge in [0.05, 0.1) is 16.6 Å². The number of nitrogens with one attached hydrogen (secondary N) is 2. The molecular formula is C20H11F3N2O2. The van der Waals surface area contributed by atoms with E-state index in [-0.39, 0.29) is 33.1 Å². The molecule has 0 fully saturated rings. The molecule has 4 nitrogen and oxygen atoms in total. The number of pyridine rings is 1. The van der Waals surface area contributed by atoms with E-state index in [1.54, 1.807) is 0 Å². The Morgan fingerprint density at radius 2 is 1.59 bits per heavy atom. The normalized spacial score (nSPS) is 11.1. The molecule has 4 rings (SSSR count). The summed E-state index contributed by atoms with van der Waals surface area (Å²) in [6, 6.07) is 10.9. The molecule has 0 bridgehead atoms. The molecule has 0 saturated heterocycles. The fourth-order valence-electron chi connectivity index (χ4n) is 2.94. The van der Waals surface area contributed by atoms with Crippen molar-refractivity contribution in [2.24, 2.45) is 0 Å². The zero-order chi connectivity index (χ0) is 19.1. The van der Waals surface area contributed by atoms with Crippen molar-refractivity contribution < 1.29 is 18.0 Å². The van der Waals surface area contributed by atoms with E-state index >= 15 is 0 Å². The van der Waals surface area contributed by atoms with Crippen molar-refractivity contribution in [1.82, 2.24) is 4.98 Å². The highest BCUT2D eigenvalue weighted by Crippen LogP contribution is 2.22. The molecular weight excluding hydrogens is 357 g/mol. The lowest BCUT2D eigenvalue weighted by molar-refractivity contribution is 0.102. The highest BCUT2D eigenvalue weighted by molar-refractivity contribution is 6.13. The van der Waals surface area contributed by atoms with Crippen molar-refractivity contribution >= 4 is 33.4 Å². The zero-order valence-corrected chi connectivity index (χ0v) is 13.6. The molecule has 0 radical (unpaired) electrons. The quantitative estimate of drug-likeness (QED) is 0.517. The Kier molecular flexibility index (Phi) is 3.92. The SMILES string of the molecule is O=C(Nc1ccc(F)cc1)c1cc(F)cc2c(=O)c3cccc(F)c3[nH]c12. The second-order valence-corrected chi connectivity index (χ2v) is 5.95. The Bertz CT molecular complexity index is 1260. The average Bonchev–Trinajstić information content (AvgIpc) is 2.65. The Labute approximate surface area is 150 Å². The van der Waals surface area contributed by atoms with E-state index in [4.69, 9.17) is 0 Å². The van der Waals surface area contributed by atoms with E-state index in [9.17, 15) is 22.8 Å². The molecule has 134 valence electrons. The molecule has 1 amide bonds. The molecule has 1 aromatic heterocycles. The van der Waals surface area contributed by atoms with Gasteiger partial charge in [-0.2, -0.15) is 0 Å². The number of rotatable bonds is 2. The summed E-state index contributed by atoms with van der Waals surface area (Å²) in [6.45, 7) is 0. The van der Waals surface area contributed by atoms with Crippen LogP contribution < -0.4 is 10.7 Å². The summed E-state index contributed by atoms with van der Waals surface area (Å²) in [7, 11) is 0. The van der Waals surface area contributed by atoms with E-state index in [0.717, 1.165) is 24.3 Å². The van der Waals surface area contributed by atoms with Gasteiger partial charge in [0.2, 0.25) is 0 Å². The van der Waals surface area contributed by atoms with Crippen LogP contribution in [-0.2, 0) is 0 Å². The largest absolute Gasteiger partial charge is 0.351 e. The average molecular weight is 368 g/mol. The molecule has 0 spiro atoms. The lowest BCUT2D eigenvalue weighted by Gasteiger charge is -2.10. The van der Waals surface area contributed by atoms with E-state index < -0.39 is 28.8 Å². The van der Waals surface area contributed by atoms with Gasteiger partial charge in [-0.3, -0.25) is 9.59 Å².